The van der Waals surface area contributed by atoms with Gasteiger partial charge in [-0.1, -0.05) is 36.4 Å². The molecule has 32 heavy (non-hydrogen) atoms. The maximum absolute atomic E-state index is 13.0. The highest BCUT2D eigenvalue weighted by Gasteiger charge is 2.37. The number of guanidine groups is 1. The van der Waals surface area contributed by atoms with Crippen molar-refractivity contribution in [3.63, 3.8) is 0 Å². The molecule has 0 atom stereocenters. The van der Waals surface area contributed by atoms with Gasteiger partial charge in [0.2, 0.25) is 12.2 Å². The van der Waals surface area contributed by atoms with Crippen LogP contribution < -0.4 is 20.7 Å². The third-order valence-corrected chi connectivity index (χ3v) is 6.11. The third-order valence-electron chi connectivity index (χ3n) is 6.11. The Balaban J connectivity index is 1.77. The molecule has 168 valence electrons. The van der Waals surface area contributed by atoms with Crippen molar-refractivity contribution in [3.05, 3.63) is 59.7 Å². The van der Waals surface area contributed by atoms with E-state index >= 15 is 0 Å². The lowest BCUT2D eigenvalue weighted by Gasteiger charge is -2.41. The van der Waals surface area contributed by atoms with Gasteiger partial charge in [0.15, 0.2) is 0 Å². The van der Waals surface area contributed by atoms with E-state index in [-0.39, 0.29) is 28.7 Å². The molecular formula is C24H29N5O3. The SMILES string of the molecule is CN/C(=N\C#N)N[C@H]1CC[C@](CNC(=O)c2c(O)cccc2OC)(c2ccccc2)CC1. The Hall–Kier alpha value is -3.73. The molecule has 3 rings (SSSR count). The van der Waals surface area contributed by atoms with Crippen molar-refractivity contribution < 1.29 is 14.6 Å². The molecule has 2 aromatic carbocycles. The van der Waals surface area contributed by atoms with Crippen LogP contribution in [-0.2, 0) is 5.41 Å². The van der Waals surface area contributed by atoms with Crippen LogP contribution in [0, 0.1) is 11.5 Å². The number of nitrogens with zero attached hydrogens (tertiary/aromatic N) is 2. The van der Waals surface area contributed by atoms with Crippen molar-refractivity contribution in [1.29, 1.82) is 5.26 Å². The van der Waals surface area contributed by atoms with Gasteiger partial charge < -0.3 is 25.8 Å². The molecule has 1 aliphatic carbocycles. The predicted octanol–water partition coefficient (Wildman–Crippen LogP) is 2.66. The zero-order valence-electron chi connectivity index (χ0n) is 18.4. The van der Waals surface area contributed by atoms with Gasteiger partial charge in [0.05, 0.1) is 7.11 Å². The average molecular weight is 436 g/mol. The van der Waals surface area contributed by atoms with Gasteiger partial charge in [0.1, 0.15) is 17.1 Å². The number of nitrogens with one attached hydrogen (secondary N) is 3. The summed E-state index contributed by atoms with van der Waals surface area (Å²) in [5.74, 6) is 0.319. The molecule has 0 aliphatic heterocycles. The van der Waals surface area contributed by atoms with Crippen LogP contribution in [0.15, 0.2) is 53.5 Å². The molecule has 0 bridgehead atoms. The predicted molar refractivity (Wildman–Crippen MR) is 123 cm³/mol. The minimum atomic E-state index is -0.367. The molecule has 8 heteroatoms. The number of nitriles is 1. The minimum Gasteiger partial charge on any atom is -0.507 e. The number of hydrogen-bond acceptors (Lipinski definition) is 5. The molecular weight excluding hydrogens is 406 g/mol. The summed E-state index contributed by atoms with van der Waals surface area (Å²) >= 11 is 0. The van der Waals surface area contributed by atoms with Gasteiger partial charge in [-0.2, -0.15) is 5.26 Å². The Morgan fingerprint density at radius 1 is 1.22 bits per heavy atom. The molecule has 2 aromatic rings. The topological polar surface area (TPSA) is 119 Å². The van der Waals surface area contributed by atoms with Crippen LogP contribution in [0.4, 0.5) is 0 Å². The monoisotopic (exact) mass is 435 g/mol. The normalized spacial score (nSPS) is 20.7. The lowest BCUT2D eigenvalue weighted by atomic mass is 9.68. The van der Waals surface area contributed by atoms with Crippen molar-refractivity contribution in [1.82, 2.24) is 16.0 Å². The fraction of sp³-hybridized carbons (Fsp3) is 0.375. The third kappa shape index (κ3) is 5.11. The molecule has 0 unspecified atom stereocenters. The smallest absolute Gasteiger partial charge is 0.258 e. The molecule has 1 fully saturated rings. The largest absolute Gasteiger partial charge is 0.507 e. The number of hydrogen-bond donors (Lipinski definition) is 4. The summed E-state index contributed by atoms with van der Waals surface area (Å²) in [6.45, 7) is 0.436. The Labute approximate surface area is 188 Å². The van der Waals surface area contributed by atoms with Gasteiger partial charge in [-0.05, 0) is 43.4 Å². The number of methoxy groups -OCH3 is 1. The van der Waals surface area contributed by atoms with Crippen molar-refractivity contribution in [3.8, 4) is 17.7 Å². The van der Waals surface area contributed by atoms with Crippen LogP contribution >= 0.6 is 0 Å². The summed E-state index contributed by atoms with van der Waals surface area (Å²) in [5.41, 5.74) is 1.07. The van der Waals surface area contributed by atoms with E-state index in [9.17, 15) is 9.90 Å². The second-order valence-electron chi connectivity index (χ2n) is 7.91. The maximum atomic E-state index is 13.0. The van der Waals surface area contributed by atoms with Gasteiger partial charge in [-0.25, -0.2) is 0 Å². The van der Waals surface area contributed by atoms with Gasteiger partial charge >= 0.3 is 0 Å². The Bertz CT molecular complexity index is 992. The zero-order chi connectivity index (χ0) is 23.0. The molecule has 0 spiro atoms. The van der Waals surface area contributed by atoms with E-state index in [1.807, 2.05) is 18.2 Å². The number of phenols is 1. The molecule has 4 N–H and O–H groups in total. The highest BCUT2D eigenvalue weighted by molar-refractivity contribution is 5.99. The van der Waals surface area contributed by atoms with E-state index in [0.29, 0.717) is 18.3 Å². The molecule has 8 nitrogen and oxygen atoms in total. The summed E-state index contributed by atoms with van der Waals surface area (Å²) in [7, 11) is 3.20. The van der Waals surface area contributed by atoms with E-state index in [1.54, 1.807) is 25.4 Å². The fourth-order valence-corrected chi connectivity index (χ4v) is 4.33. The van der Waals surface area contributed by atoms with Crippen LogP contribution in [0.5, 0.6) is 11.5 Å². The van der Waals surface area contributed by atoms with E-state index in [1.165, 1.54) is 18.7 Å². The lowest BCUT2D eigenvalue weighted by Crippen LogP contribution is -2.49. The number of carbonyl (C=O) groups is 1. The van der Waals surface area contributed by atoms with Gasteiger partial charge in [-0.15, -0.1) is 4.99 Å². The van der Waals surface area contributed by atoms with E-state index in [4.69, 9.17) is 10.00 Å². The average Bonchev–Trinajstić information content (AvgIpc) is 2.83. The lowest BCUT2D eigenvalue weighted by molar-refractivity contribution is 0.0929. The molecule has 0 heterocycles. The van der Waals surface area contributed by atoms with Crippen molar-refractivity contribution >= 4 is 11.9 Å². The number of rotatable bonds is 6. The number of benzene rings is 2. The molecule has 0 radical (unpaired) electrons. The molecule has 0 saturated heterocycles. The first-order chi connectivity index (χ1) is 15.5. The highest BCUT2D eigenvalue weighted by Crippen LogP contribution is 2.39. The summed E-state index contributed by atoms with van der Waals surface area (Å²) < 4.78 is 5.26. The quantitative estimate of drug-likeness (QED) is 0.315. The standard InChI is InChI=1S/C24H29N5O3/c1-26-23(28-16-25)29-18-11-13-24(14-12-18,17-7-4-3-5-8-17)15-27-22(31)21-19(30)9-6-10-20(21)32-2/h3-10,18,30H,11-15H2,1-2H3,(H,27,31)(H2,26,28,29)/t18-,24-. The second kappa shape index (κ2) is 10.5. The zero-order valence-corrected chi connectivity index (χ0v) is 18.4. The van der Waals surface area contributed by atoms with Crippen LogP contribution in [0.3, 0.4) is 0 Å². The second-order valence-corrected chi connectivity index (χ2v) is 7.91. The molecule has 1 saturated carbocycles. The van der Waals surface area contributed by atoms with E-state index in [0.717, 1.165) is 25.7 Å². The first kappa shape index (κ1) is 22.9. The molecule has 1 amide bonds. The number of aliphatic imine (C=N–C) groups is 1. The summed E-state index contributed by atoms with van der Waals surface area (Å²) in [4.78, 5) is 16.7. The van der Waals surface area contributed by atoms with Gasteiger partial charge in [0, 0.05) is 25.0 Å². The Morgan fingerprint density at radius 3 is 2.56 bits per heavy atom. The van der Waals surface area contributed by atoms with E-state index in [2.05, 4.69) is 33.1 Å². The van der Waals surface area contributed by atoms with Crippen LogP contribution in [-0.4, -0.2) is 43.7 Å². The van der Waals surface area contributed by atoms with Gasteiger partial charge in [0.25, 0.3) is 5.91 Å². The van der Waals surface area contributed by atoms with Crippen LogP contribution in [0.25, 0.3) is 0 Å². The van der Waals surface area contributed by atoms with Crippen LogP contribution in [0.1, 0.15) is 41.6 Å². The Kier molecular flexibility index (Phi) is 7.55. The fourth-order valence-electron chi connectivity index (χ4n) is 4.33. The summed E-state index contributed by atoms with van der Waals surface area (Å²) in [6.07, 6.45) is 5.20. The van der Waals surface area contributed by atoms with E-state index < -0.39 is 0 Å². The van der Waals surface area contributed by atoms with Crippen LogP contribution in [0.2, 0.25) is 0 Å². The van der Waals surface area contributed by atoms with Crippen molar-refractivity contribution in [2.75, 3.05) is 20.7 Å². The number of carbonyl (C=O) groups excluding carboxylic acids is 1. The minimum absolute atomic E-state index is 0.111. The molecule has 0 aromatic heterocycles. The van der Waals surface area contributed by atoms with Crippen molar-refractivity contribution in [2.24, 2.45) is 4.99 Å². The number of aromatic hydroxyl groups is 1. The summed E-state index contributed by atoms with van der Waals surface area (Å²) in [6, 6.07) is 15.1. The van der Waals surface area contributed by atoms with Crippen molar-refractivity contribution in [2.45, 2.75) is 37.1 Å². The molecule has 1 aliphatic rings. The number of ether oxygens (including phenoxy) is 1. The first-order valence-corrected chi connectivity index (χ1v) is 10.6. The maximum Gasteiger partial charge on any atom is 0.258 e. The Morgan fingerprint density at radius 2 is 1.94 bits per heavy atom. The number of amides is 1. The summed E-state index contributed by atoms with van der Waals surface area (Å²) in [5, 5.41) is 28.2. The first-order valence-electron chi connectivity index (χ1n) is 10.6. The number of phenolic OH excluding ortho intramolecular Hbond substituents is 1. The highest BCUT2D eigenvalue weighted by atomic mass is 16.5. The van der Waals surface area contributed by atoms with Gasteiger partial charge in [-0.3, -0.25) is 4.79 Å².